The van der Waals surface area contributed by atoms with Gasteiger partial charge >= 0.3 is 0 Å². The fourth-order valence-corrected chi connectivity index (χ4v) is 3.43. The second-order valence-electron chi connectivity index (χ2n) is 6.30. The SMILES string of the molecule is Cc1nn(C2CC(C)CC(C)(C)C2)c(N)c1Cl. The second kappa shape index (κ2) is 4.20. The van der Waals surface area contributed by atoms with E-state index in [-0.39, 0.29) is 0 Å². The molecule has 1 aromatic rings. The molecule has 1 saturated carbocycles. The van der Waals surface area contributed by atoms with Gasteiger partial charge in [-0.2, -0.15) is 5.10 Å². The van der Waals surface area contributed by atoms with Crippen molar-refractivity contribution in [3.8, 4) is 0 Å². The standard InChI is InChI=1S/C13H22ClN3/c1-8-5-10(7-13(3,4)6-8)17-12(15)11(14)9(2)16-17/h8,10H,5-7,15H2,1-4H3. The van der Waals surface area contributed by atoms with Gasteiger partial charge in [0.15, 0.2) is 0 Å². The molecule has 1 aliphatic carbocycles. The van der Waals surface area contributed by atoms with Gasteiger partial charge in [-0.25, -0.2) is 4.68 Å². The van der Waals surface area contributed by atoms with Crippen LogP contribution in [0.1, 0.15) is 51.8 Å². The van der Waals surface area contributed by atoms with Crippen molar-refractivity contribution in [3.05, 3.63) is 10.7 Å². The van der Waals surface area contributed by atoms with Crippen LogP contribution in [0.15, 0.2) is 0 Å². The van der Waals surface area contributed by atoms with Crippen molar-refractivity contribution in [2.75, 3.05) is 5.73 Å². The van der Waals surface area contributed by atoms with Gasteiger partial charge in [-0.15, -0.1) is 0 Å². The number of aromatic nitrogens is 2. The predicted molar refractivity (Wildman–Crippen MR) is 72.2 cm³/mol. The summed E-state index contributed by atoms with van der Waals surface area (Å²) in [6.45, 7) is 8.86. The van der Waals surface area contributed by atoms with E-state index in [0.29, 0.717) is 28.2 Å². The molecule has 1 fully saturated rings. The van der Waals surface area contributed by atoms with Gasteiger partial charge in [0.1, 0.15) is 10.8 Å². The molecule has 1 aliphatic rings. The first-order valence-electron chi connectivity index (χ1n) is 6.30. The van der Waals surface area contributed by atoms with Gasteiger partial charge in [-0.3, -0.25) is 0 Å². The number of hydrogen-bond acceptors (Lipinski definition) is 2. The summed E-state index contributed by atoms with van der Waals surface area (Å²) in [5.74, 6) is 1.34. The summed E-state index contributed by atoms with van der Waals surface area (Å²) in [5.41, 5.74) is 7.23. The van der Waals surface area contributed by atoms with Crippen LogP contribution in [0.2, 0.25) is 5.02 Å². The van der Waals surface area contributed by atoms with E-state index in [0.717, 1.165) is 18.5 Å². The fraction of sp³-hybridized carbons (Fsp3) is 0.769. The molecule has 2 unspecified atom stereocenters. The van der Waals surface area contributed by atoms with Gasteiger partial charge in [0, 0.05) is 0 Å². The molecule has 0 aliphatic heterocycles. The second-order valence-corrected chi connectivity index (χ2v) is 6.67. The van der Waals surface area contributed by atoms with E-state index in [9.17, 15) is 0 Å². The van der Waals surface area contributed by atoms with Crippen LogP contribution in [0.5, 0.6) is 0 Å². The van der Waals surface area contributed by atoms with Gasteiger partial charge in [-0.05, 0) is 37.5 Å². The van der Waals surface area contributed by atoms with Crippen molar-refractivity contribution in [1.82, 2.24) is 9.78 Å². The van der Waals surface area contributed by atoms with Crippen molar-refractivity contribution in [1.29, 1.82) is 0 Å². The van der Waals surface area contributed by atoms with Crippen LogP contribution >= 0.6 is 11.6 Å². The minimum Gasteiger partial charge on any atom is -0.383 e. The topological polar surface area (TPSA) is 43.8 Å². The molecule has 0 radical (unpaired) electrons. The number of aryl methyl sites for hydroxylation is 1. The third-order valence-electron chi connectivity index (χ3n) is 3.76. The molecule has 1 heterocycles. The van der Waals surface area contributed by atoms with Gasteiger partial charge in [-0.1, -0.05) is 32.4 Å². The molecular formula is C13H22ClN3. The van der Waals surface area contributed by atoms with Crippen LogP contribution < -0.4 is 5.73 Å². The smallest absolute Gasteiger partial charge is 0.141 e. The molecule has 4 heteroatoms. The van der Waals surface area contributed by atoms with Crippen molar-refractivity contribution in [2.24, 2.45) is 11.3 Å². The van der Waals surface area contributed by atoms with Gasteiger partial charge in [0.05, 0.1) is 11.7 Å². The molecule has 1 aromatic heterocycles. The highest BCUT2D eigenvalue weighted by Crippen LogP contribution is 2.44. The monoisotopic (exact) mass is 255 g/mol. The highest BCUT2D eigenvalue weighted by molar-refractivity contribution is 6.33. The Balaban J connectivity index is 2.30. The Morgan fingerprint density at radius 1 is 1.41 bits per heavy atom. The van der Waals surface area contributed by atoms with Crippen LogP contribution in [0.25, 0.3) is 0 Å². The van der Waals surface area contributed by atoms with Crippen LogP contribution in [0.4, 0.5) is 5.82 Å². The molecule has 0 aromatic carbocycles. The largest absolute Gasteiger partial charge is 0.383 e. The van der Waals surface area contributed by atoms with Crippen molar-refractivity contribution in [2.45, 2.75) is 53.0 Å². The summed E-state index contributed by atoms with van der Waals surface area (Å²) in [7, 11) is 0. The minimum atomic E-state index is 0.362. The summed E-state index contributed by atoms with van der Waals surface area (Å²) in [6.07, 6.45) is 3.54. The van der Waals surface area contributed by atoms with Crippen LogP contribution in [0.3, 0.4) is 0 Å². The zero-order chi connectivity index (χ0) is 12.8. The third-order valence-corrected chi connectivity index (χ3v) is 4.22. The first-order chi connectivity index (χ1) is 7.80. The lowest BCUT2D eigenvalue weighted by Gasteiger charge is -2.39. The summed E-state index contributed by atoms with van der Waals surface area (Å²) in [6, 6.07) is 0.389. The van der Waals surface area contributed by atoms with E-state index in [2.05, 4.69) is 25.9 Å². The summed E-state index contributed by atoms with van der Waals surface area (Å²) in [4.78, 5) is 0. The van der Waals surface area contributed by atoms with E-state index < -0.39 is 0 Å². The van der Waals surface area contributed by atoms with E-state index in [4.69, 9.17) is 17.3 Å². The molecule has 0 amide bonds. The molecule has 17 heavy (non-hydrogen) atoms. The molecule has 0 spiro atoms. The Bertz CT molecular complexity index is 423. The maximum Gasteiger partial charge on any atom is 0.141 e. The number of nitrogen functional groups attached to an aromatic ring is 1. The van der Waals surface area contributed by atoms with E-state index in [1.807, 2.05) is 11.6 Å². The summed E-state index contributed by atoms with van der Waals surface area (Å²) in [5, 5.41) is 5.11. The summed E-state index contributed by atoms with van der Waals surface area (Å²) < 4.78 is 1.94. The summed E-state index contributed by atoms with van der Waals surface area (Å²) >= 11 is 6.12. The Morgan fingerprint density at radius 3 is 2.53 bits per heavy atom. The normalized spacial score (nSPS) is 28.3. The molecule has 0 bridgehead atoms. The molecule has 3 nitrogen and oxygen atoms in total. The van der Waals surface area contributed by atoms with Crippen LogP contribution in [0, 0.1) is 18.3 Å². The molecule has 96 valence electrons. The number of halogens is 1. The Labute approximate surface area is 108 Å². The highest BCUT2D eigenvalue weighted by Gasteiger charge is 2.34. The van der Waals surface area contributed by atoms with Crippen molar-refractivity contribution < 1.29 is 0 Å². The quantitative estimate of drug-likeness (QED) is 0.829. The Hall–Kier alpha value is -0.700. The molecule has 2 rings (SSSR count). The zero-order valence-electron chi connectivity index (χ0n) is 11.1. The molecule has 0 saturated heterocycles. The molecular weight excluding hydrogens is 234 g/mol. The van der Waals surface area contributed by atoms with Crippen molar-refractivity contribution >= 4 is 17.4 Å². The lowest BCUT2D eigenvalue weighted by Crippen LogP contribution is -2.30. The van der Waals surface area contributed by atoms with Gasteiger partial charge < -0.3 is 5.73 Å². The van der Waals surface area contributed by atoms with Crippen LogP contribution in [-0.2, 0) is 0 Å². The first-order valence-corrected chi connectivity index (χ1v) is 6.68. The van der Waals surface area contributed by atoms with E-state index >= 15 is 0 Å². The number of nitrogens with zero attached hydrogens (tertiary/aromatic N) is 2. The van der Waals surface area contributed by atoms with E-state index in [1.54, 1.807) is 0 Å². The average molecular weight is 256 g/mol. The zero-order valence-corrected chi connectivity index (χ0v) is 11.9. The van der Waals surface area contributed by atoms with E-state index in [1.165, 1.54) is 6.42 Å². The van der Waals surface area contributed by atoms with Crippen LogP contribution in [-0.4, -0.2) is 9.78 Å². The predicted octanol–water partition coefficient (Wildman–Crippen LogP) is 3.81. The van der Waals surface area contributed by atoms with Gasteiger partial charge in [0.25, 0.3) is 0 Å². The number of anilines is 1. The third kappa shape index (κ3) is 2.44. The minimum absolute atomic E-state index is 0.362. The Kier molecular flexibility index (Phi) is 3.15. The first kappa shape index (κ1) is 12.7. The molecule has 2 N–H and O–H groups in total. The molecule has 2 atom stereocenters. The maximum absolute atomic E-state index is 6.12. The number of rotatable bonds is 1. The highest BCUT2D eigenvalue weighted by atomic mass is 35.5. The maximum atomic E-state index is 6.12. The number of nitrogens with two attached hydrogens (primary N) is 1. The van der Waals surface area contributed by atoms with Crippen molar-refractivity contribution in [3.63, 3.8) is 0 Å². The Morgan fingerprint density at radius 2 is 2.06 bits per heavy atom. The fourth-order valence-electron chi connectivity index (χ4n) is 3.31. The van der Waals surface area contributed by atoms with Gasteiger partial charge in [0.2, 0.25) is 0 Å². The lowest BCUT2D eigenvalue weighted by molar-refractivity contribution is 0.131. The number of hydrogen-bond donors (Lipinski definition) is 1. The average Bonchev–Trinajstić information content (AvgIpc) is 2.43. The lowest BCUT2D eigenvalue weighted by atomic mass is 9.70.